The first-order valence-corrected chi connectivity index (χ1v) is 7.56. The van der Waals surface area contributed by atoms with Gasteiger partial charge in [-0.2, -0.15) is 4.31 Å². The van der Waals surface area contributed by atoms with Gasteiger partial charge in [-0.3, -0.25) is 0 Å². The molecule has 0 unspecified atom stereocenters. The fraction of sp³-hybridized carbons (Fsp3) is 0.583. The van der Waals surface area contributed by atoms with E-state index in [1.54, 1.807) is 0 Å². The summed E-state index contributed by atoms with van der Waals surface area (Å²) in [6.07, 6.45) is 6.16. The number of sulfonamides is 1. The van der Waals surface area contributed by atoms with Crippen LogP contribution in [-0.4, -0.2) is 30.8 Å². The van der Waals surface area contributed by atoms with Crippen molar-refractivity contribution in [2.45, 2.75) is 43.2 Å². The van der Waals surface area contributed by atoms with Crippen LogP contribution in [0.5, 0.6) is 0 Å². The highest BCUT2D eigenvalue weighted by molar-refractivity contribution is 7.89. The SMILES string of the molecule is CN(C1CCCCC1)S(=O)(=O)c1ncccc1F. The van der Waals surface area contributed by atoms with E-state index in [4.69, 9.17) is 0 Å². The van der Waals surface area contributed by atoms with Gasteiger partial charge < -0.3 is 0 Å². The average molecular weight is 272 g/mol. The average Bonchev–Trinajstić information content (AvgIpc) is 2.39. The van der Waals surface area contributed by atoms with Crippen molar-refractivity contribution >= 4 is 10.0 Å². The van der Waals surface area contributed by atoms with Gasteiger partial charge in [0, 0.05) is 19.3 Å². The lowest BCUT2D eigenvalue weighted by atomic mass is 9.96. The molecule has 1 fully saturated rings. The minimum Gasteiger partial charge on any atom is -0.241 e. The molecule has 0 N–H and O–H groups in total. The third kappa shape index (κ3) is 2.54. The quantitative estimate of drug-likeness (QED) is 0.847. The van der Waals surface area contributed by atoms with E-state index in [-0.39, 0.29) is 6.04 Å². The molecule has 18 heavy (non-hydrogen) atoms. The Hall–Kier alpha value is -1.01. The molecule has 1 aliphatic rings. The summed E-state index contributed by atoms with van der Waals surface area (Å²) < 4.78 is 39.4. The maximum atomic E-state index is 13.5. The summed E-state index contributed by atoms with van der Waals surface area (Å²) in [5.74, 6) is -0.792. The Kier molecular flexibility index (Phi) is 3.97. The second-order valence-electron chi connectivity index (χ2n) is 4.60. The van der Waals surface area contributed by atoms with E-state index in [2.05, 4.69) is 4.98 Å². The van der Waals surface area contributed by atoms with Gasteiger partial charge in [0.2, 0.25) is 5.03 Å². The van der Waals surface area contributed by atoms with Gasteiger partial charge in [0.15, 0.2) is 5.82 Å². The first kappa shape index (κ1) is 13.4. The van der Waals surface area contributed by atoms with Crippen LogP contribution in [0.3, 0.4) is 0 Å². The molecule has 0 bridgehead atoms. The highest BCUT2D eigenvalue weighted by Crippen LogP contribution is 2.26. The molecule has 0 aliphatic heterocycles. The van der Waals surface area contributed by atoms with Crippen molar-refractivity contribution in [3.63, 3.8) is 0 Å². The van der Waals surface area contributed by atoms with E-state index in [1.807, 2.05) is 0 Å². The molecule has 0 saturated heterocycles. The van der Waals surface area contributed by atoms with Gasteiger partial charge >= 0.3 is 0 Å². The third-order valence-electron chi connectivity index (χ3n) is 3.44. The predicted molar refractivity (Wildman–Crippen MR) is 66.0 cm³/mol. The first-order valence-electron chi connectivity index (χ1n) is 6.12. The van der Waals surface area contributed by atoms with Crippen LogP contribution in [0.4, 0.5) is 4.39 Å². The number of aromatic nitrogens is 1. The second-order valence-corrected chi connectivity index (χ2v) is 6.52. The molecule has 1 aromatic heterocycles. The van der Waals surface area contributed by atoms with Crippen molar-refractivity contribution in [2.24, 2.45) is 0 Å². The maximum absolute atomic E-state index is 13.5. The van der Waals surface area contributed by atoms with Gasteiger partial charge in [-0.25, -0.2) is 17.8 Å². The summed E-state index contributed by atoms with van der Waals surface area (Å²) in [5.41, 5.74) is 0. The van der Waals surface area contributed by atoms with Crippen molar-refractivity contribution < 1.29 is 12.8 Å². The van der Waals surface area contributed by atoms with Crippen molar-refractivity contribution in [1.29, 1.82) is 0 Å². The molecule has 2 rings (SSSR count). The van der Waals surface area contributed by atoms with Gasteiger partial charge in [0.25, 0.3) is 10.0 Å². The van der Waals surface area contributed by atoms with Crippen molar-refractivity contribution in [2.75, 3.05) is 7.05 Å². The lowest BCUT2D eigenvalue weighted by Crippen LogP contribution is -2.38. The Morgan fingerprint density at radius 2 is 2.00 bits per heavy atom. The number of halogens is 1. The summed E-state index contributed by atoms with van der Waals surface area (Å²) in [7, 11) is -2.31. The zero-order chi connectivity index (χ0) is 13.2. The summed E-state index contributed by atoms with van der Waals surface area (Å²) in [6, 6.07) is 2.47. The van der Waals surface area contributed by atoms with Crippen LogP contribution in [0.25, 0.3) is 0 Å². The van der Waals surface area contributed by atoms with Crippen LogP contribution < -0.4 is 0 Å². The Labute approximate surface area is 107 Å². The van der Waals surface area contributed by atoms with E-state index in [0.717, 1.165) is 38.2 Å². The summed E-state index contributed by atoms with van der Waals surface area (Å²) in [6.45, 7) is 0. The molecule has 1 aliphatic carbocycles. The number of pyridine rings is 1. The standard InChI is InChI=1S/C12H17FN2O2S/c1-15(10-6-3-2-4-7-10)18(16,17)12-11(13)8-5-9-14-12/h5,8-10H,2-4,6-7H2,1H3. The summed E-state index contributed by atoms with van der Waals surface area (Å²) >= 11 is 0. The van der Waals surface area contributed by atoms with Crippen LogP contribution in [0.1, 0.15) is 32.1 Å². The monoisotopic (exact) mass is 272 g/mol. The van der Waals surface area contributed by atoms with Gasteiger partial charge in [0.05, 0.1) is 0 Å². The van der Waals surface area contributed by atoms with Crippen LogP contribution in [0.15, 0.2) is 23.4 Å². The zero-order valence-electron chi connectivity index (χ0n) is 10.3. The number of hydrogen-bond donors (Lipinski definition) is 0. The molecule has 0 spiro atoms. The largest absolute Gasteiger partial charge is 0.263 e. The molecule has 0 amide bonds. The van der Waals surface area contributed by atoms with E-state index in [1.165, 1.54) is 23.6 Å². The Morgan fingerprint density at radius 1 is 1.33 bits per heavy atom. The fourth-order valence-corrected chi connectivity index (χ4v) is 3.72. The fourth-order valence-electron chi connectivity index (χ4n) is 2.34. The van der Waals surface area contributed by atoms with E-state index in [0.29, 0.717) is 0 Å². The molecular formula is C12H17FN2O2S. The predicted octanol–water partition coefficient (Wildman–Crippen LogP) is 2.17. The highest BCUT2D eigenvalue weighted by atomic mass is 32.2. The smallest absolute Gasteiger partial charge is 0.241 e. The second kappa shape index (κ2) is 5.32. The number of nitrogens with zero attached hydrogens (tertiary/aromatic N) is 2. The van der Waals surface area contributed by atoms with Crippen molar-refractivity contribution in [1.82, 2.24) is 9.29 Å². The van der Waals surface area contributed by atoms with Gasteiger partial charge in [-0.05, 0) is 25.0 Å². The van der Waals surface area contributed by atoms with Crippen LogP contribution >= 0.6 is 0 Å². The van der Waals surface area contributed by atoms with E-state index >= 15 is 0 Å². The molecule has 0 aromatic carbocycles. The normalized spacial score (nSPS) is 18.2. The topological polar surface area (TPSA) is 50.3 Å². The molecule has 4 nitrogen and oxygen atoms in total. The number of hydrogen-bond acceptors (Lipinski definition) is 3. The van der Waals surface area contributed by atoms with Crippen LogP contribution in [0, 0.1) is 5.82 Å². The maximum Gasteiger partial charge on any atom is 0.263 e. The van der Waals surface area contributed by atoms with Crippen molar-refractivity contribution in [3.05, 3.63) is 24.1 Å². The Bertz CT molecular complexity index is 513. The summed E-state index contributed by atoms with van der Waals surface area (Å²) in [4.78, 5) is 3.66. The van der Waals surface area contributed by atoms with Gasteiger partial charge in [0.1, 0.15) is 0 Å². The van der Waals surface area contributed by atoms with Crippen LogP contribution in [-0.2, 0) is 10.0 Å². The van der Waals surface area contributed by atoms with E-state index < -0.39 is 20.9 Å². The molecule has 1 heterocycles. The minimum atomic E-state index is -3.82. The lowest BCUT2D eigenvalue weighted by molar-refractivity contribution is 0.284. The lowest BCUT2D eigenvalue weighted by Gasteiger charge is -2.30. The Morgan fingerprint density at radius 3 is 2.61 bits per heavy atom. The minimum absolute atomic E-state index is 0.0369. The number of rotatable bonds is 3. The molecule has 0 radical (unpaired) electrons. The van der Waals surface area contributed by atoms with Gasteiger partial charge in [-0.15, -0.1) is 0 Å². The highest BCUT2D eigenvalue weighted by Gasteiger charge is 2.31. The Balaban J connectivity index is 2.28. The van der Waals surface area contributed by atoms with E-state index in [9.17, 15) is 12.8 Å². The molecule has 1 aromatic rings. The van der Waals surface area contributed by atoms with Gasteiger partial charge in [-0.1, -0.05) is 19.3 Å². The first-order chi connectivity index (χ1) is 8.53. The molecule has 1 saturated carbocycles. The molecule has 6 heteroatoms. The molecule has 0 atom stereocenters. The van der Waals surface area contributed by atoms with Crippen molar-refractivity contribution in [3.8, 4) is 0 Å². The molecular weight excluding hydrogens is 255 g/mol. The summed E-state index contributed by atoms with van der Waals surface area (Å²) in [5, 5.41) is -0.474. The molecule has 100 valence electrons. The third-order valence-corrected chi connectivity index (χ3v) is 5.28. The van der Waals surface area contributed by atoms with Crippen LogP contribution in [0.2, 0.25) is 0 Å². The zero-order valence-corrected chi connectivity index (χ0v) is 11.2.